The van der Waals surface area contributed by atoms with E-state index in [0.717, 1.165) is 32.7 Å². The van der Waals surface area contributed by atoms with E-state index in [1.165, 1.54) is 5.56 Å². The molecule has 3 N–H and O–H groups in total. The Morgan fingerprint density at radius 2 is 1.71 bits per heavy atom. The second-order valence-electron chi connectivity index (χ2n) is 6.84. The SMILES string of the molecule is CC(N)C(c1ccccc1)N1CCN(CC(C)(C)O)CC1. The molecule has 0 aliphatic carbocycles. The van der Waals surface area contributed by atoms with Crippen LogP contribution in [0, 0.1) is 0 Å². The highest BCUT2D eigenvalue weighted by atomic mass is 16.3. The number of aliphatic hydroxyl groups is 1. The normalized spacial score (nSPS) is 21.2. The van der Waals surface area contributed by atoms with Crippen molar-refractivity contribution in [2.24, 2.45) is 5.73 Å². The first-order valence-corrected chi connectivity index (χ1v) is 7.86. The van der Waals surface area contributed by atoms with Crippen LogP contribution in [0.2, 0.25) is 0 Å². The number of nitrogens with two attached hydrogens (primary N) is 1. The highest BCUT2D eigenvalue weighted by molar-refractivity contribution is 5.20. The molecular weight excluding hydrogens is 262 g/mol. The molecule has 1 heterocycles. The molecule has 2 atom stereocenters. The van der Waals surface area contributed by atoms with Gasteiger partial charge in [-0.15, -0.1) is 0 Å². The summed E-state index contributed by atoms with van der Waals surface area (Å²) in [5, 5.41) is 9.94. The highest BCUT2D eigenvalue weighted by Crippen LogP contribution is 2.25. The lowest BCUT2D eigenvalue weighted by Gasteiger charge is -2.42. The molecule has 1 aromatic rings. The van der Waals surface area contributed by atoms with Gasteiger partial charge in [-0.05, 0) is 26.3 Å². The summed E-state index contributed by atoms with van der Waals surface area (Å²) in [6.45, 7) is 10.5. The molecular formula is C17H29N3O. The fourth-order valence-corrected chi connectivity index (χ4v) is 3.24. The molecule has 2 unspecified atom stereocenters. The molecule has 0 spiro atoms. The molecule has 0 amide bonds. The quantitative estimate of drug-likeness (QED) is 0.862. The van der Waals surface area contributed by atoms with Gasteiger partial charge in [0.15, 0.2) is 0 Å². The topological polar surface area (TPSA) is 52.7 Å². The van der Waals surface area contributed by atoms with Crippen LogP contribution in [0.3, 0.4) is 0 Å². The highest BCUT2D eigenvalue weighted by Gasteiger charge is 2.29. The number of hydrogen-bond acceptors (Lipinski definition) is 4. The zero-order valence-corrected chi connectivity index (χ0v) is 13.5. The fourth-order valence-electron chi connectivity index (χ4n) is 3.24. The molecule has 118 valence electrons. The van der Waals surface area contributed by atoms with E-state index >= 15 is 0 Å². The van der Waals surface area contributed by atoms with Crippen LogP contribution in [-0.4, -0.2) is 59.3 Å². The average molecular weight is 291 g/mol. The van der Waals surface area contributed by atoms with Gasteiger partial charge in [0.25, 0.3) is 0 Å². The number of β-amino-alcohol motifs (C(OH)–C–C–N with tert-alkyl or cyclic N) is 1. The summed E-state index contributed by atoms with van der Waals surface area (Å²) in [5.41, 5.74) is 6.91. The Bertz CT molecular complexity index is 419. The lowest BCUT2D eigenvalue weighted by molar-refractivity contribution is 0.00882. The molecule has 4 heteroatoms. The largest absolute Gasteiger partial charge is 0.389 e. The molecule has 0 radical (unpaired) electrons. The summed E-state index contributed by atoms with van der Waals surface area (Å²) in [7, 11) is 0. The zero-order chi connectivity index (χ0) is 15.5. The Balaban J connectivity index is 1.99. The number of rotatable bonds is 5. The van der Waals surface area contributed by atoms with Crippen LogP contribution in [0.25, 0.3) is 0 Å². The zero-order valence-electron chi connectivity index (χ0n) is 13.5. The Morgan fingerprint density at radius 1 is 1.14 bits per heavy atom. The third kappa shape index (κ3) is 4.78. The first-order chi connectivity index (χ1) is 9.87. The summed E-state index contributed by atoms with van der Waals surface area (Å²) < 4.78 is 0. The van der Waals surface area contributed by atoms with Crippen LogP contribution >= 0.6 is 0 Å². The second-order valence-corrected chi connectivity index (χ2v) is 6.84. The van der Waals surface area contributed by atoms with Crippen molar-refractivity contribution >= 4 is 0 Å². The lowest BCUT2D eigenvalue weighted by atomic mass is 9.98. The van der Waals surface area contributed by atoms with Crippen LogP contribution in [0.4, 0.5) is 0 Å². The molecule has 1 aliphatic heterocycles. The molecule has 21 heavy (non-hydrogen) atoms. The van der Waals surface area contributed by atoms with Crippen molar-refractivity contribution in [3.63, 3.8) is 0 Å². The summed E-state index contributed by atoms with van der Waals surface area (Å²) >= 11 is 0. The van der Waals surface area contributed by atoms with E-state index in [0.29, 0.717) is 0 Å². The molecule has 1 aliphatic rings. The van der Waals surface area contributed by atoms with Gasteiger partial charge in [-0.3, -0.25) is 9.80 Å². The van der Waals surface area contributed by atoms with E-state index in [-0.39, 0.29) is 12.1 Å². The van der Waals surface area contributed by atoms with Crippen LogP contribution in [0.5, 0.6) is 0 Å². The predicted octanol–water partition coefficient (Wildman–Crippen LogP) is 1.46. The summed E-state index contributed by atoms with van der Waals surface area (Å²) in [6, 6.07) is 10.9. The second kappa shape index (κ2) is 6.88. The molecule has 0 saturated carbocycles. The number of piperazine rings is 1. The van der Waals surface area contributed by atoms with E-state index < -0.39 is 5.60 Å². The van der Waals surface area contributed by atoms with E-state index in [1.807, 2.05) is 19.9 Å². The van der Waals surface area contributed by atoms with Gasteiger partial charge in [0.1, 0.15) is 0 Å². The minimum atomic E-state index is -0.623. The summed E-state index contributed by atoms with van der Waals surface area (Å²) in [6.07, 6.45) is 0. The third-order valence-electron chi connectivity index (χ3n) is 4.05. The van der Waals surface area contributed by atoms with E-state index in [4.69, 9.17) is 5.73 Å². The number of nitrogens with zero attached hydrogens (tertiary/aromatic N) is 2. The van der Waals surface area contributed by atoms with E-state index in [2.05, 4.69) is 41.0 Å². The van der Waals surface area contributed by atoms with Gasteiger partial charge < -0.3 is 10.8 Å². The maximum atomic E-state index is 9.94. The monoisotopic (exact) mass is 291 g/mol. The van der Waals surface area contributed by atoms with Gasteiger partial charge in [-0.25, -0.2) is 0 Å². The molecule has 1 aromatic carbocycles. The predicted molar refractivity (Wildman–Crippen MR) is 87.1 cm³/mol. The van der Waals surface area contributed by atoms with Crippen molar-refractivity contribution in [1.29, 1.82) is 0 Å². The van der Waals surface area contributed by atoms with Gasteiger partial charge >= 0.3 is 0 Å². The fraction of sp³-hybridized carbons (Fsp3) is 0.647. The van der Waals surface area contributed by atoms with Crippen LogP contribution < -0.4 is 5.73 Å². The average Bonchev–Trinajstić information content (AvgIpc) is 2.40. The molecule has 1 fully saturated rings. The maximum absolute atomic E-state index is 9.94. The first kappa shape index (κ1) is 16.4. The van der Waals surface area contributed by atoms with E-state index in [1.54, 1.807) is 0 Å². The van der Waals surface area contributed by atoms with Crippen LogP contribution in [-0.2, 0) is 0 Å². The smallest absolute Gasteiger partial charge is 0.0718 e. The minimum Gasteiger partial charge on any atom is -0.389 e. The Hall–Kier alpha value is -0.940. The minimum absolute atomic E-state index is 0.105. The molecule has 0 bridgehead atoms. The standard InChI is InChI=1S/C17H29N3O/c1-14(18)16(15-7-5-4-6-8-15)20-11-9-19(10-12-20)13-17(2,3)21/h4-8,14,16,21H,9-13,18H2,1-3H3. The van der Waals surface area contributed by atoms with Crippen molar-refractivity contribution in [3.8, 4) is 0 Å². The van der Waals surface area contributed by atoms with Crippen molar-refractivity contribution in [2.45, 2.75) is 38.5 Å². The Morgan fingerprint density at radius 3 is 2.19 bits per heavy atom. The van der Waals surface area contributed by atoms with Crippen molar-refractivity contribution < 1.29 is 5.11 Å². The number of benzene rings is 1. The van der Waals surface area contributed by atoms with Crippen LogP contribution in [0.15, 0.2) is 30.3 Å². The van der Waals surface area contributed by atoms with Crippen molar-refractivity contribution in [1.82, 2.24) is 9.80 Å². The van der Waals surface area contributed by atoms with Crippen LogP contribution in [0.1, 0.15) is 32.4 Å². The number of hydrogen-bond donors (Lipinski definition) is 2. The molecule has 4 nitrogen and oxygen atoms in total. The van der Waals surface area contributed by atoms with Gasteiger partial charge in [-0.2, -0.15) is 0 Å². The van der Waals surface area contributed by atoms with Gasteiger partial charge in [0, 0.05) is 44.8 Å². The summed E-state index contributed by atoms with van der Waals surface area (Å²) in [5.74, 6) is 0. The Labute approximate surface area is 128 Å². The van der Waals surface area contributed by atoms with Gasteiger partial charge in [0.05, 0.1) is 5.60 Å². The molecule has 1 saturated heterocycles. The van der Waals surface area contributed by atoms with Gasteiger partial charge in [0.2, 0.25) is 0 Å². The molecule has 2 rings (SSSR count). The third-order valence-corrected chi connectivity index (χ3v) is 4.05. The lowest BCUT2D eigenvalue weighted by Crippen LogP contribution is -2.53. The first-order valence-electron chi connectivity index (χ1n) is 7.86. The van der Waals surface area contributed by atoms with E-state index in [9.17, 15) is 5.11 Å². The molecule has 0 aromatic heterocycles. The van der Waals surface area contributed by atoms with Crippen molar-refractivity contribution in [3.05, 3.63) is 35.9 Å². The van der Waals surface area contributed by atoms with Gasteiger partial charge in [-0.1, -0.05) is 30.3 Å². The van der Waals surface area contributed by atoms with Crippen molar-refractivity contribution in [2.75, 3.05) is 32.7 Å². The Kier molecular flexibility index (Phi) is 5.38. The summed E-state index contributed by atoms with van der Waals surface area (Å²) in [4.78, 5) is 4.81. The maximum Gasteiger partial charge on any atom is 0.0718 e.